The third-order valence-electron chi connectivity index (χ3n) is 5.81. The van der Waals surface area contributed by atoms with Crippen molar-refractivity contribution in [1.82, 2.24) is 20.9 Å². The van der Waals surface area contributed by atoms with Crippen LogP contribution in [0.3, 0.4) is 0 Å². The number of urea groups is 1. The first-order chi connectivity index (χ1) is 15.9. The molecular formula is C23H32N4O5S. The van der Waals surface area contributed by atoms with Gasteiger partial charge in [-0.3, -0.25) is 9.59 Å². The molecule has 2 aliphatic heterocycles. The lowest BCUT2D eigenvalue weighted by Crippen LogP contribution is -2.36. The van der Waals surface area contributed by atoms with Crippen molar-refractivity contribution in [3.05, 3.63) is 30.0 Å². The number of fused-ring (bicyclic) bond motifs is 2. The number of benzene rings is 1. The molecule has 0 radical (unpaired) electrons. The summed E-state index contributed by atoms with van der Waals surface area (Å²) < 4.78 is 5.21. The predicted molar refractivity (Wildman–Crippen MR) is 129 cm³/mol. The molecule has 10 heteroatoms. The minimum Gasteiger partial charge on any atom is -0.497 e. The van der Waals surface area contributed by atoms with Crippen molar-refractivity contribution in [3.8, 4) is 5.75 Å². The molecule has 9 nitrogen and oxygen atoms in total. The molecule has 3 atom stereocenters. The second-order valence-corrected chi connectivity index (χ2v) is 9.49. The van der Waals surface area contributed by atoms with Gasteiger partial charge in [-0.25, -0.2) is 4.79 Å². The van der Waals surface area contributed by atoms with Gasteiger partial charge in [0.25, 0.3) is 0 Å². The number of rotatable bonds is 9. The van der Waals surface area contributed by atoms with Gasteiger partial charge in [0.15, 0.2) is 0 Å². The van der Waals surface area contributed by atoms with E-state index in [1.54, 1.807) is 7.11 Å². The molecule has 1 aromatic heterocycles. The third kappa shape index (κ3) is 7.05. The fraction of sp³-hybridized carbons (Fsp3) is 0.522. The fourth-order valence-electron chi connectivity index (χ4n) is 4.13. The van der Waals surface area contributed by atoms with Gasteiger partial charge >= 0.3 is 12.0 Å². The second kappa shape index (κ2) is 11.8. The Morgan fingerprint density at radius 3 is 2.82 bits per heavy atom. The lowest BCUT2D eigenvalue weighted by Gasteiger charge is -2.16. The highest BCUT2D eigenvalue weighted by Gasteiger charge is 2.42. The number of methoxy groups -OCH3 is 1. The molecule has 1 aromatic carbocycles. The minimum atomic E-state index is -0.729. The molecule has 5 N–H and O–H groups in total. The van der Waals surface area contributed by atoms with Crippen LogP contribution in [0.25, 0.3) is 10.9 Å². The lowest BCUT2D eigenvalue weighted by molar-refractivity contribution is -0.137. The summed E-state index contributed by atoms with van der Waals surface area (Å²) in [6, 6.07) is 6.37. The highest BCUT2D eigenvalue weighted by Crippen LogP contribution is 2.33. The molecule has 2 fully saturated rings. The number of amides is 3. The number of ether oxygens (including phenoxy) is 1. The Kier molecular flexibility index (Phi) is 8.87. The van der Waals surface area contributed by atoms with E-state index in [1.165, 1.54) is 12.5 Å². The third-order valence-corrected chi connectivity index (χ3v) is 7.32. The zero-order valence-electron chi connectivity index (χ0n) is 19.0. The quantitative estimate of drug-likeness (QED) is 0.279. The maximum atomic E-state index is 11.1. The molecule has 2 saturated heterocycles. The number of H-pyrrole nitrogens is 1. The van der Waals surface area contributed by atoms with Crippen molar-refractivity contribution in [3.63, 3.8) is 0 Å². The molecule has 4 rings (SSSR count). The normalized spacial score (nSPS) is 20.9. The zero-order valence-corrected chi connectivity index (χ0v) is 19.8. The van der Waals surface area contributed by atoms with Gasteiger partial charge in [-0.2, -0.15) is 11.8 Å². The van der Waals surface area contributed by atoms with Gasteiger partial charge in [0.05, 0.1) is 19.2 Å². The lowest BCUT2D eigenvalue weighted by atomic mass is 10.0. The number of aromatic nitrogens is 1. The van der Waals surface area contributed by atoms with Crippen LogP contribution in [0.5, 0.6) is 5.75 Å². The second-order valence-electron chi connectivity index (χ2n) is 8.22. The molecule has 0 unspecified atom stereocenters. The summed E-state index contributed by atoms with van der Waals surface area (Å²) in [4.78, 5) is 35.5. The summed E-state index contributed by atoms with van der Waals surface area (Å²) in [5.41, 5.74) is 2.27. The standard InChI is InChI=1S/C13H16N2O2.C10H16N2O3S/c1-9(16)14-6-5-10-8-15-13-4-3-11(17-2)7-12(10)13;13-8(14)4-2-1-3-7-9-6(5-16-7)11-10(15)12-9/h3-4,7-8,15H,5-6H2,1-2H3,(H,14,16);6-7,9H,1-5H2,(H,13,14)(H2,11,12,15)/t;6-,7-,9-/m.0/s1. The van der Waals surface area contributed by atoms with Crippen LogP contribution in [0.15, 0.2) is 24.4 Å². The van der Waals surface area contributed by atoms with E-state index >= 15 is 0 Å². The molecule has 0 spiro atoms. The average molecular weight is 477 g/mol. The number of thioether (sulfide) groups is 1. The first kappa shape index (κ1) is 24.8. The summed E-state index contributed by atoms with van der Waals surface area (Å²) in [5, 5.41) is 18.7. The molecule has 3 amide bonds. The first-order valence-electron chi connectivity index (χ1n) is 11.2. The highest BCUT2D eigenvalue weighted by molar-refractivity contribution is 8.00. The Balaban J connectivity index is 0.000000186. The van der Waals surface area contributed by atoms with Crippen LogP contribution >= 0.6 is 11.8 Å². The van der Waals surface area contributed by atoms with E-state index in [4.69, 9.17) is 9.84 Å². The van der Waals surface area contributed by atoms with E-state index in [2.05, 4.69) is 20.9 Å². The number of hydrogen-bond donors (Lipinski definition) is 5. The summed E-state index contributed by atoms with van der Waals surface area (Å²) in [6.07, 6.45) is 5.67. The molecule has 2 aromatic rings. The Bertz CT molecular complexity index is 979. The molecule has 0 saturated carbocycles. The first-order valence-corrected chi connectivity index (χ1v) is 12.2. The number of hydrogen-bond acceptors (Lipinski definition) is 5. The average Bonchev–Trinajstić information content (AvgIpc) is 3.45. The van der Waals surface area contributed by atoms with Gasteiger partial charge < -0.3 is 30.8 Å². The molecule has 0 bridgehead atoms. The van der Waals surface area contributed by atoms with Crippen molar-refractivity contribution < 1.29 is 24.2 Å². The Hall–Kier alpha value is -2.88. The Labute approximate surface area is 197 Å². The summed E-state index contributed by atoms with van der Waals surface area (Å²) in [7, 11) is 1.66. The number of carbonyl (C=O) groups excluding carboxylic acids is 2. The van der Waals surface area contributed by atoms with Gasteiger partial charge in [0.1, 0.15) is 5.75 Å². The monoisotopic (exact) mass is 476 g/mol. The van der Waals surface area contributed by atoms with E-state index in [0.29, 0.717) is 11.8 Å². The minimum absolute atomic E-state index is 0.00224. The van der Waals surface area contributed by atoms with E-state index < -0.39 is 5.97 Å². The molecular weight excluding hydrogens is 444 g/mol. The number of unbranched alkanes of at least 4 members (excludes halogenated alkanes) is 1. The molecule has 0 aliphatic carbocycles. The summed E-state index contributed by atoms with van der Waals surface area (Å²) >= 11 is 1.87. The van der Waals surface area contributed by atoms with E-state index in [-0.39, 0.29) is 30.4 Å². The van der Waals surface area contributed by atoms with Crippen LogP contribution in [0.1, 0.15) is 38.2 Å². The molecule has 33 heavy (non-hydrogen) atoms. The van der Waals surface area contributed by atoms with Crippen LogP contribution in [0, 0.1) is 0 Å². The van der Waals surface area contributed by atoms with Gasteiger partial charge in [-0.05, 0) is 43.0 Å². The summed E-state index contributed by atoms with van der Waals surface area (Å²) in [6.45, 7) is 2.18. The van der Waals surface area contributed by atoms with Crippen molar-refractivity contribution >= 4 is 40.6 Å². The topological polar surface area (TPSA) is 133 Å². The number of nitrogens with one attached hydrogen (secondary N) is 4. The van der Waals surface area contributed by atoms with Gasteiger partial charge in [-0.1, -0.05) is 6.42 Å². The van der Waals surface area contributed by atoms with E-state index in [9.17, 15) is 14.4 Å². The van der Waals surface area contributed by atoms with Crippen LogP contribution in [-0.4, -0.2) is 64.7 Å². The van der Waals surface area contributed by atoms with Gasteiger partial charge in [0, 0.05) is 48.0 Å². The van der Waals surface area contributed by atoms with Crippen LogP contribution in [0.4, 0.5) is 4.79 Å². The van der Waals surface area contributed by atoms with Crippen LogP contribution in [0.2, 0.25) is 0 Å². The van der Waals surface area contributed by atoms with Gasteiger partial charge in [0.2, 0.25) is 5.91 Å². The van der Waals surface area contributed by atoms with Crippen molar-refractivity contribution in [2.75, 3.05) is 19.4 Å². The van der Waals surface area contributed by atoms with Gasteiger partial charge in [-0.15, -0.1) is 0 Å². The number of carboxylic acids is 1. The largest absolute Gasteiger partial charge is 0.497 e. The van der Waals surface area contributed by atoms with Crippen LogP contribution < -0.4 is 20.7 Å². The zero-order chi connectivity index (χ0) is 23.8. The highest BCUT2D eigenvalue weighted by atomic mass is 32.2. The smallest absolute Gasteiger partial charge is 0.315 e. The van der Waals surface area contributed by atoms with Crippen molar-refractivity contribution in [1.29, 1.82) is 0 Å². The molecule has 3 heterocycles. The van der Waals surface area contributed by atoms with Crippen molar-refractivity contribution in [2.45, 2.75) is 56.4 Å². The van der Waals surface area contributed by atoms with Crippen molar-refractivity contribution in [2.24, 2.45) is 0 Å². The SMILES string of the molecule is COc1ccc2[nH]cc(CCNC(C)=O)c2c1.O=C(O)CCCC[C@@H]1SC[C@@H]2NC(=O)N[C@@H]21. The Morgan fingerprint density at radius 2 is 2.09 bits per heavy atom. The van der Waals surface area contributed by atoms with E-state index in [1.807, 2.05) is 36.2 Å². The number of aromatic amines is 1. The van der Waals surface area contributed by atoms with E-state index in [0.717, 1.165) is 48.1 Å². The summed E-state index contributed by atoms with van der Waals surface area (Å²) in [5.74, 6) is 1.08. The Morgan fingerprint density at radius 1 is 1.27 bits per heavy atom. The number of aliphatic carboxylic acids is 1. The maximum Gasteiger partial charge on any atom is 0.315 e. The molecule has 2 aliphatic rings. The van der Waals surface area contributed by atoms with Crippen LogP contribution in [-0.2, 0) is 16.0 Å². The fourth-order valence-corrected chi connectivity index (χ4v) is 5.67. The predicted octanol–water partition coefficient (Wildman–Crippen LogP) is 2.65. The number of carbonyl (C=O) groups is 3. The molecule has 180 valence electrons. The number of carboxylic acid groups (broad SMARTS) is 1. The maximum absolute atomic E-state index is 11.1.